The summed E-state index contributed by atoms with van der Waals surface area (Å²) in [5.74, 6) is 3.91. The lowest BCUT2D eigenvalue weighted by molar-refractivity contribution is -0.147. The van der Waals surface area contributed by atoms with Crippen molar-refractivity contribution in [2.24, 2.45) is 5.84 Å². The van der Waals surface area contributed by atoms with E-state index in [0.29, 0.717) is 22.1 Å². The smallest absolute Gasteiger partial charge is 0.337 e. The van der Waals surface area contributed by atoms with Crippen LogP contribution in [-0.4, -0.2) is 16.2 Å². The van der Waals surface area contributed by atoms with Crippen molar-refractivity contribution < 1.29 is 15.0 Å². The highest BCUT2D eigenvalue weighted by molar-refractivity contribution is 9.08. The summed E-state index contributed by atoms with van der Waals surface area (Å²) in [5, 5.41) is 18.6. The zero-order valence-electron chi connectivity index (χ0n) is 7.77. The van der Waals surface area contributed by atoms with Gasteiger partial charge in [-0.1, -0.05) is 22.0 Å². The number of halogens is 1. The monoisotopic (exact) mass is 274 g/mol. The van der Waals surface area contributed by atoms with E-state index in [4.69, 9.17) is 10.9 Å². The fourth-order valence-corrected chi connectivity index (χ4v) is 1.70. The van der Waals surface area contributed by atoms with Crippen LogP contribution in [0.1, 0.15) is 17.2 Å². The highest BCUT2D eigenvalue weighted by Gasteiger charge is 2.19. The molecular formula is C9H11BrN2O3. The van der Waals surface area contributed by atoms with Gasteiger partial charge in [0, 0.05) is 11.0 Å². The van der Waals surface area contributed by atoms with Crippen molar-refractivity contribution in [3.63, 3.8) is 0 Å². The van der Waals surface area contributed by atoms with Crippen LogP contribution in [0.4, 0.5) is 5.69 Å². The fraction of sp³-hybridized carbons (Fsp3) is 0.222. The molecule has 0 aliphatic heterocycles. The molecule has 1 atom stereocenters. The topological polar surface area (TPSA) is 95.6 Å². The second-order valence-electron chi connectivity index (χ2n) is 2.93. The van der Waals surface area contributed by atoms with Crippen molar-refractivity contribution in [1.29, 1.82) is 0 Å². The van der Waals surface area contributed by atoms with Gasteiger partial charge in [0.25, 0.3) is 0 Å². The van der Waals surface area contributed by atoms with Gasteiger partial charge in [-0.3, -0.25) is 5.84 Å². The maximum Gasteiger partial charge on any atom is 0.337 e. The molecule has 0 aliphatic rings. The number of carboxylic acid groups (broad SMARTS) is 1. The quantitative estimate of drug-likeness (QED) is 0.373. The van der Waals surface area contributed by atoms with E-state index in [2.05, 4.69) is 21.4 Å². The van der Waals surface area contributed by atoms with Gasteiger partial charge in [-0.15, -0.1) is 0 Å². The van der Waals surface area contributed by atoms with E-state index in [1.54, 1.807) is 12.1 Å². The van der Waals surface area contributed by atoms with Gasteiger partial charge in [0.2, 0.25) is 0 Å². The van der Waals surface area contributed by atoms with Gasteiger partial charge in [0.15, 0.2) is 6.10 Å². The molecule has 0 fully saturated rings. The number of benzene rings is 1. The van der Waals surface area contributed by atoms with Crippen molar-refractivity contribution in [3.8, 4) is 0 Å². The Balaban J connectivity index is 3.16. The van der Waals surface area contributed by atoms with Gasteiger partial charge < -0.3 is 15.6 Å². The van der Waals surface area contributed by atoms with Gasteiger partial charge in [0.05, 0.1) is 0 Å². The average molecular weight is 275 g/mol. The van der Waals surface area contributed by atoms with Crippen LogP contribution in [-0.2, 0) is 10.1 Å². The number of anilines is 1. The molecule has 15 heavy (non-hydrogen) atoms. The van der Waals surface area contributed by atoms with E-state index in [0.717, 1.165) is 0 Å². The van der Waals surface area contributed by atoms with Crippen LogP contribution in [0.3, 0.4) is 0 Å². The molecule has 0 saturated carbocycles. The van der Waals surface area contributed by atoms with Gasteiger partial charge in [-0.25, -0.2) is 4.79 Å². The van der Waals surface area contributed by atoms with Crippen molar-refractivity contribution in [2.75, 3.05) is 5.43 Å². The molecule has 1 unspecified atom stereocenters. The summed E-state index contributed by atoms with van der Waals surface area (Å²) in [4.78, 5) is 10.7. The summed E-state index contributed by atoms with van der Waals surface area (Å²) in [6, 6.07) is 4.91. The largest absolute Gasteiger partial charge is 0.479 e. The van der Waals surface area contributed by atoms with Crippen LogP contribution in [0, 0.1) is 0 Å². The normalized spacial score (nSPS) is 12.2. The minimum atomic E-state index is -1.54. The molecular weight excluding hydrogens is 264 g/mol. The van der Waals surface area contributed by atoms with Gasteiger partial charge in [-0.05, 0) is 23.3 Å². The number of rotatable bonds is 4. The molecule has 5 nitrogen and oxygen atoms in total. The first-order valence-corrected chi connectivity index (χ1v) is 5.28. The van der Waals surface area contributed by atoms with Crippen LogP contribution >= 0.6 is 15.9 Å². The van der Waals surface area contributed by atoms with Gasteiger partial charge in [0.1, 0.15) is 0 Å². The molecule has 0 spiro atoms. The SMILES string of the molecule is NNc1ccc(CBr)c(C(O)C(=O)O)c1. The van der Waals surface area contributed by atoms with Crippen molar-refractivity contribution >= 4 is 27.6 Å². The first-order chi connectivity index (χ1) is 7.10. The predicted molar refractivity (Wildman–Crippen MR) is 59.5 cm³/mol. The lowest BCUT2D eigenvalue weighted by Gasteiger charge is -2.12. The maximum atomic E-state index is 10.7. The van der Waals surface area contributed by atoms with E-state index in [-0.39, 0.29) is 0 Å². The molecule has 0 saturated heterocycles. The number of carboxylic acids is 1. The lowest BCUT2D eigenvalue weighted by Crippen LogP contribution is -2.14. The molecule has 82 valence electrons. The highest BCUT2D eigenvalue weighted by Crippen LogP contribution is 2.24. The first kappa shape index (κ1) is 12.0. The third kappa shape index (κ3) is 2.68. The molecule has 0 radical (unpaired) electrons. The Hall–Kier alpha value is -1.11. The number of aliphatic carboxylic acids is 1. The number of nitrogen functional groups attached to an aromatic ring is 1. The predicted octanol–water partition coefficient (Wildman–Crippen LogP) is 0.985. The van der Waals surface area contributed by atoms with E-state index in [9.17, 15) is 9.90 Å². The fourth-order valence-electron chi connectivity index (χ4n) is 1.19. The summed E-state index contributed by atoms with van der Waals surface area (Å²) in [6.45, 7) is 0. The number of nitrogens with two attached hydrogens (primary N) is 1. The summed E-state index contributed by atoms with van der Waals surface area (Å²) >= 11 is 3.22. The summed E-state index contributed by atoms with van der Waals surface area (Å²) in [7, 11) is 0. The van der Waals surface area contributed by atoms with Crippen molar-refractivity contribution in [3.05, 3.63) is 29.3 Å². The number of aliphatic hydroxyl groups excluding tert-OH is 1. The Morgan fingerprint density at radius 1 is 1.60 bits per heavy atom. The Morgan fingerprint density at radius 2 is 2.27 bits per heavy atom. The third-order valence-corrected chi connectivity index (χ3v) is 2.59. The second-order valence-corrected chi connectivity index (χ2v) is 3.49. The molecule has 0 amide bonds. The molecule has 5 N–H and O–H groups in total. The van der Waals surface area contributed by atoms with E-state index < -0.39 is 12.1 Å². The van der Waals surface area contributed by atoms with Crippen LogP contribution < -0.4 is 11.3 Å². The molecule has 1 rings (SSSR count). The zero-order chi connectivity index (χ0) is 11.4. The number of aliphatic hydroxyl groups is 1. The highest BCUT2D eigenvalue weighted by atomic mass is 79.9. The number of nitrogens with one attached hydrogen (secondary N) is 1. The number of hydrogen-bond donors (Lipinski definition) is 4. The summed E-state index contributed by atoms with van der Waals surface area (Å²) in [5.41, 5.74) is 3.98. The molecule has 1 aromatic carbocycles. The molecule has 0 bridgehead atoms. The van der Waals surface area contributed by atoms with Gasteiger partial charge in [-0.2, -0.15) is 0 Å². The Bertz CT molecular complexity index is 370. The zero-order valence-corrected chi connectivity index (χ0v) is 9.36. The molecule has 0 heterocycles. The summed E-state index contributed by atoms with van der Waals surface area (Å²) < 4.78 is 0. The molecule has 1 aromatic rings. The van der Waals surface area contributed by atoms with Crippen molar-refractivity contribution in [2.45, 2.75) is 11.4 Å². The Kier molecular flexibility index (Phi) is 4.07. The number of hydrazine groups is 1. The van der Waals surface area contributed by atoms with Crippen LogP contribution in [0.15, 0.2) is 18.2 Å². The van der Waals surface area contributed by atoms with Crippen LogP contribution in [0.5, 0.6) is 0 Å². The molecule has 6 heteroatoms. The minimum Gasteiger partial charge on any atom is -0.479 e. The number of alkyl halides is 1. The number of carbonyl (C=O) groups is 1. The standard InChI is InChI=1S/C9H11BrN2O3/c10-4-5-1-2-6(12-11)3-7(5)8(13)9(14)15/h1-3,8,12-13H,4,11H2,(H,14,15). The maximum absolute atomic E-state index is 10.7. The lowest BCUT2D eigenvalue weighted by atomic mass is 10.0. The first-order valence-electron chi connectivity index (χ1n) is 4.16. The van der Waals surface area contributed by atoms with Crippen molar-refractivity contribution in [1.82, 2.24) is 0 Å². The minimum absolute atomic E-state index is 0.329. The second kappa shape index (κ2) is 5.11. The Morgan fingerprint density at radius 3 is 2.73 bits per heavy atom. The molecule has 0 aliphatic carbocycles. The number of hydrogen-bond acceptors (Lipinski definition) is 4. The van der Waals surface area contributed by atoms with E-state index >= 15 is 0 Å². The molecule has 0 aromatic heterocycles. The summed E-state index contributed by atoms with van der Waals surface area (Å²) in [6.07, 6.45) is -1.54. The van der Waals surface area contributed by atoms with E-state index in [1.165, 1.54) is 6.07 Å². The van der Waals surface area contributed by atoms with Gasteiger partial charge >= 0.3 is 5.97 Å². The third-order valence-electron chi connectivity index (χ3n) is 1.99. The Labute approximate surface area is 95.0 Å². The van der Waals surface area contributed by atoms with Crippen LogP contribution in [0.25, 0.3) is 0 Å². The van der Waals surface area contributed by atoms with Crippen LogP contribution in [0.2, 0.25) is 0 Å². The average Bonchev–Trinajstić information content (AvgIpc) is 2.27. The van der Waals surface area contributed by atoms with E-state index in [1.807, 2.05) is 0 Å².